The van der Waals surface area contributed by atoms with Crippen molar-refractivity contribution < 1.29 is 0 Å². The molecule has 48 heavy (non-hydrogen) atoms. The van der Waals surface area contributed by atoms with E-state index in [1.54, 1.807) is 0 Å². The van der Waals surface area contributed by atoms with Crippen molar-refractivity contribution in [2.75, 3.05) is 34.2 Å². The standard InChI is InChI=1S/C14H19Cl2N.C13H17Cl2N.C13H16Cl2/c1-17(2)10-14(7-3-4-8-14)11-5-6-12(15)13(16)9-11;1-16-9-13(6-2-3-7-13)10-4-5-11(14)12(15)8-10;1-2-13(7-3-4-8-13)10-5-6-11(14)12(15)9-10/h5-6,9H,3-4,7-8,10H2,1-2H3;4-5,8,16H,2-3,6-7,9H2,1H3;5-6,9H,2-4,7-8H2,1H3. The van der Waals surface area contributed by atoms with Crippen molar-refractivity contribution in [3.63, 3.8) is 0 Å². The van der Waals surface area contributed by atoms with Crippen LogP contribution in [0, 0.1) is 0 Å². The molecule has 0 heterocycles. The van der Waals surface area contributed by atoms with Crippen LogP contribution in [0.25, 0.3) is 0 Å². The van der Waals surface area contributed by atoms with Crippen molar-refractivity contribution in [3.8, 4) is 0 Å². The van der Waals surface area contributed by atoms with Gasteiger partial charge >= 0.3 is 0 Å². The second-order valence-electron chi connectivity index (χ2n) is 14.5. The average Bonchev–Trinajstić information content (AvgIpc) is 3.85. The summed E-state index contributed by atoms with van der Waals surface area (Å²) in [7, 11) is 6.28. The van der Waals surface area contributed by atoms with Gasteiger partial charge in [-0.25, -0.2) is 0 Å². The summed E-state index contributed by atoms with van der Waals surface area (Å²) in [5, 5.41) is 7.28. The highest BCUT2D eigenvalue weighted by atomic mass is 35.5. The van der Waals surface area contributed by atoms with E-state index in [2.05, 4.69) is 61.6 Å². The smallest absolute Gasteiger partial charge is 0.0595 e. The van der Waals surface area contributed by atoms with E-state index in [1.165, 1.54) is 100 Å². The predicted molar refractivity (Wildman–Crippen MR) is 213 cm³/mol. The van der Waals surface area contributed by atoms with Crippen LogP contribution in [0.5, 0.6) is 0 Å². The van der Waals surface area contributed by atoms with Crippen LogP contribution in [-0.4, -0.2) is 39.1 Å². The summed E-state index contributed by atoms with van der Waals surface area (Å²) in [6.45, 7) is 4.38. The van der Waals surface area contributed by atoms with Gasteiger partial charge in [-0.1, -0.05) is 133 Å². The normalized spacial score (nSPS) is 19.1. The molecule has 3 fully saturated rings. The van der Waals surface area contributed by atoms with E-state index in [0.717, 1.165) is 13.1 Å². The van der Waals surface area contributed by atoms with Crippen LogP contribution in [0.1, 0.15) is 107 Å². The van der Waals surface area contributed by atoms with Crippen LogP contribution < -0.4 is 5.32 Å². The largest absolute Gasteiger partial charge is 0.319 e. The third-order valence-electron chi connectivity index (χ3n) is 11.1. The maximum atomic E-state index is 6.15. The third-order valence-corrected chi connectivity index (χ3v) is 13.3. The van der Waals surface area contributed by atoms with Crippen molar-refractivity contribution in [2.24, 2.45) is 0 Å². The molecule has 0 spiro atoms. The second kappa shape index (κ2) is 18.2. The molecule has 0 saturated heterocycles. The molecule has 6 rings (SSSR count). The third kappa shape index (κ3) is 9.80. The monoisotopic (exact) mass is 770 g/mol. The Bertz CT molecular complexity index is 1470. The lowest BCUT2D eigenvalue weighted by molar-refractivity contribution is 0.284. The Morgan fingerprint density at radius 1 is 0.521 bits per heavy atom. The van der Waals surface area contributed by atoms with E-state index < -0.39 is 0 Å². The zero-order valence-electron chi connectivity index (χ0n) is 29.0. The molecule has 264 valence electrons. The zero-order chi connectivity index (χ0) is 35.0. The molecule has 0 radical (unpaired) electrons. The van der Waals surface area contributed by atoms with Gasteiger partial charge in [-0.2, -0.15) is 0 Å². The highest BCUT2D eigenvalue weighted by Gasteiger charge is 2.37. The number of likely N-dealkylation sites (N-methyl/N-ethyl adjacent to an activating group) is 2. The number of nitrogens with zero attached hydrogens (tertiary/aromatic N) is 1. The molecular weight excluding hydrogens is 721 g/mol. The molecule has 0 amide bonds. The zero-order valence-corrected chi connectivity index (χ0v) is 33.6. The lowest BCUT2D eigenvalue weighted by atomic mass is 9.77. The molecule has 8 heteroatoms. The Kier molecular flexibility index (Phi) is 15.2. The first kappa shape index (κ1) is 40.1. The first-order chi connectivity index (χ1) is 22.9. The van der Waals surface area contributed by atoms with Gasteiger partial charge in [0.25, 0.3) is 0 Å². The van der Waals surface area contributed by atoms with Crippen molar-refractivity contribution in [3.05, 3.63) is 101 Å². The molecule has 0 atom stereocenters. The van der Waals surface area contributed by atoms with Gasteiger partial charge in [0, 0.05) is 23.9 Å². The fourth-order valence-electron chi connectivity index (χ4n) is 8.53. The minimum absolute atomic E-state index is 0.267. The summed E-state index contributed by atoms with van der Waals surface area (Å²) >= 11 is 36.2. The van der Waals surface area contributed by atoms with E-state index >= 15 is 0 Å². The second-order valence-corrected chi connectivity index (χ2v) is 16.9. The maximum Gasteiger partial charge on any atom is 0.0595 e. The van der Waals surface area contributed by atoms with E-state index in [0.29, 0.717) is 35.6 Å². The summed E-state index contributed by atoms with van der Waals surface area (Å²) in [6.07, 6.45) is 16.7. The van der Waals surface area contributed by atoms with Crippen LogP contribution in [0.4, 0.5) is 0 Å². The highest BCUT2D eigenvalue weighted by molar-refractivity contribution is 6.43. The van der Waals surface area contributed by atoms with Gasteiger partial charge in [0.15, 0.2) is 0 Å². The van der Waals surface area contributed by atoms with Crippen molar-refractivity contribution in [1.29, 1.82) is 0 Å². The molecule has 0 bridgehead atoms. The summed E-state index contributed by atoms with van der Waals surface area (Å²) in [5.41, 5.74) is 4.96. The highest BCUT2D eigenvalue weighted by Crippen LogP contribution is 2.46. The Morgan fingerprint density at radius 3 is 1.19 bits per heavy atom. The minimum atomic E-state index is 0.267. The summed E-state index contributed by atoms with van der Waals surface area (Å²) in [4.78, 5) is 2.27. The lowest BCUT2D eigenvalue weighted by Crippen LogP contribution is -2.35. The first-order valence-electron chi connectivity index (χ1n) is 17.6. The fraction of sp³-hybridized carbons (Fsp3) is 0.550. The number of benzene rings is 3. The van der Waals surface area contributed by atoms with Gasteiger partial charge in [0.1, 0.15) is 0 Å². The lowest BCUT2D eigenvalue weighted by Gasteiger charge is -2.33. The molecule has 0 aliphatic heterocycles. The van der Waals surface area contributed by atoms with E-state index in [-0.39, 0.29) is 10.8 Å². The van der Waals surface area contributed by atoms with Crippen LogP contribution in [0.15, 0.2) is 54.6 Å². The van der Waals surface area contributed by atoms with E-state index in [4.69, 9.17) is 69.6 Å². The van der Waals surface area contributed by atoms with Gasteiger partial charge in [-0.05, 0) is 125 Å². The molecule has 3 aromatic rings. The molecule has 3 saturated carbocycles. The van der Waals surface area contributed by atoms with E-state index in [9.17, 15) is 0 Å². The van der Waals surface area contributed by atoms with Crippen molar-refractivity contribution in [2.45, 2.75) is 107 Å². The fourth-order valence-corrected chi connectivity index (χ4v) is 9.42. The average molecular weight is 774 g/mol. The molecule has 3 aromatic carbocycles. The number of hydrogen-bond donors (Lipinski definition) is 1. The van der Waals surface area contributed by atoms with Crippen LogP contribution in [0.3, 0.4) is 0 Å². The minimum Gasteiger partial charge on any atom is -0.319 e. The summed E-state index contributed by atoms with van der Waals surface area (Å²) in [5.74, 6) is 0. The number of hydrogen-bond acceptors (Lipinski definition) is 2. The topological polar surface area (TPSA) is 15.3 Å². The Morgan fingerprint density at radius 2 is 0.854 bits per heavy atom. The Balaban J connectivity index is 0.000000163. The molecule has 0 unspecified atom stereocenters. The molecule has 3 aliphatic rings. The SMILES string of the molecule is CCC1(c2ccc(Cl)c(Cl)c2)CCCC1.CN(C)CC1(c2ccc(Cl)c(Cl)c2)CCCC1.CNCC1(c2ccc(Cl)c(Cl)c2)CCCC1. The summed E-state index contributed by atoms with van der Waals surface area (Å²) in [6, 6.07) is 18.3. The predicted octanol–water partition coefficient (Wildman–Crippen LogP) is 13.6. The quantitative estimate of drug-likeness (QED) is 0.245. The van der Waals surface area contributed by atoms with Gasteiger partial charge in [0.05, 0.1) is 30.1 Å². The molecular formula is C40H52Cl6N2. The van der Waals surface area contributed by atoms with Gasteiger partial charge in [-0.3, -0.25) is 0 Å². The van der Waals surface area contributed by atoms with Gasteiger partial charge < -0.3 is 10.2 Å². The number of nitrogens with one attached hydrogen (secondary N) is 1. The van der Waals surface area contributed by atoms with E-state index in [1.807, 2.05) is 31.3 Å². The molecule has 1 N–H and O–H groups in total. The van der Waals surface area contributed by atoms with Gasteiger partial charge in [0.2, 0.25) is 0 Å². The van der Waals surface area contributed by atoms with Crippen molar-refractivity contribution >= 4 is 69.6 Å². The summed E-state index contributed by atoms with van der Waals surface area (Å²) < 4.78 is 0. The van der Waals surface area contributed by atoms with Gasteiger partial charge in [-0.15, -0.1) is 0 Å². The number of rotatable bonds is 8. The Labute approximate surface area is 320 Å². The first-order valence-corrected chi connectivity index (χ1v) is 19.8. The van der Waals surface area contributed by atoms with Crippen LogP contribution in [-0.2, 0) is 16.2 Å². The Hall–Kier alpha value is -0.680. The maximum absolute atomic E-state index is 6.15. The van der Waals surface area contributed by atoms with Crippen molar-refractivity contribution in [1.82, 2.24) is 10.2 Å². The van der Waals surface area contributed by atoms with Crippen LogP contribution >= 0.6 is 69.6 Å². The molecule has 0 aromatic heterocycles. The number of halogens is 6. The molecule has 2 nitrogen and oxygen atoms in total. The molecule has 3 aliphatic carbocycles. The van der Waals surface area contributed by atoms with Crippen LogP contribution in [0.2, 0.25) is 30.1 Å².